The van der Waals surface area contributed by atoms with E-state index >= 15 is 0 Å². The SMILES string of the molecule is CC(C)OC(=O)N[C@H]1CC[C@H](c2nccs2)CC1. The van der Waals surface area contributed by atoms with Gasteiger partial charge in [0.05, 0.1) is 11.1 Å². The van der Waals surface area contributed by atoms with Crippen molar-refractivity contribution >= 4 is 17.4 Å². The summed E-state index contributed by atoms with van der Waals surface area (Å²) in [5.74, 6) is 0.573. The fourth-order valence-corrected chi connectivity index (χ4v) is 3.15. The minimum atomic E-state index is -0.289. The monoisotopic (exact) mass is 268 g/mol. The Labute approximate surface area is 112 Å². The summed E-state index contributed by atoms with van der Waals surface area (Å²) in [6.07, 6.45) is 5.74. The normalized spacial score (nSPS) is 23.9. The third kappa shape index (κ3) is 3.70. The Morgan fingerprint density at radius 3 is 2.72 bits per heavy atom. The number of alkyl carbamates (subject to hydrolysis) is 1. The number of aromatic nitrogens is 1. The van der Waals surface area contributed by atoms with Crippen LogP contribution in [0.15, 0.2) is 11.6 Å². The number of ether oxygens (including phenoxy) is 1. The second-order valence-corrected chi connectivity index (χ2v) is 5.94. The lowest BCUT2D eigenvalue weighted by atomic mass is 9.86. The van der Waals surface area contributed by atoms with Gasteiger partial charge in [0.2, 0.25) is 0 Å². The Bertz CT molecular complexity index is 370. The summed E-state index contributed by atoms with van der Waals surface area (Å²) in [5.41, 5.74) is 0. The summed E-state index contributed by atoms with van der Waals surface area (Å²) >= 11 is 1.73. The Balaban J connectivity index is 1.75. The maximum atomic E-state index is 11.5. The predicted molar refractivity (Wildman–Crippen MR) is 71.9 cm³/mol. The summed E-state index contributed by atoms with van der Waals surface area (Å²) in [5, 5.41) is 6.20. The van der Waals surface area contributed by atoms with Crippen LogP contribution in [0.5, 0.6) is 0 Å². The zero-order valence-electron chi connectivity index (χ0n) is 10.9. The summed E-state index contributed by atoms with van der Waals surface area (Å²) in [7, 11) is 0. The molecule has 1 N–H and O–H groups in total. The molecule has 1 aromatic heterocycles. The first-order valence-corrected chi connectivity index (χ1v) is 7.39. The van der Waals surface area contributed by atoms with Crippen LogP contribution in [0, 0.1) is 0 Å². The second-order valence-electron chi connectivity index (χ2n) is 5.02. The summed E-state index contributed by atoms with van der Waals surface area (Å²) in [4.78, 5) is 15.9. The van der Waals surface area contributed by atoms with Crippen molar-refractivity contribution in [1.82, 2.24) is 10.3 Å². The second kappa shape index (κ2) is 6.18. The Morgan fingerprint density at radius 2 is 2.17 bits per heavy atom. The number of carbonyl (C=O) groups is 1. The van der Waals surface area contributed by atoms with E-state index in [2.05, 4.69) is 10.3 Å². The van der Waals surface area contributed by atoms with Gasteiger partial charge in [-0.3, -0.25) is 0 Å². The number of nitrogens with zero attached hydrogens (tertiary/aromatic N) is 1. The molecular weight excluding hydrogens is 248 g/mol. The van der Waals surface area contributed by atoms with Crippen molar-refractivity contribution in [1.29, 1.82) is 0 Å². The first kappa shape index (κ1) is 13.3. The van der Waals surface area contributed by atoms with E-state index in [1.165, 1.54) is 5.01 Å². The van der Waals surface area contributed by atoms with E-state index in [9.17, 15) is 4.79 Å². The Morgan fingerprint density at radius 1 is 1.44 bits per heavy atom. The molecule has 0 spiro atoms. The lowest BCUT2D eigenvalue weighted by Crippen LogP contribution is -2.38. The van der Waals surface area contributed by atoms with Gasteiger partial charge in [-0.2, -0.15) is 0 Å². The molecule has 0 unspecified atom stereocenters. The van der Waals surface area contributed by atoms with Gasteiger partial charge in [-0.25, -0.2) is 9.78 Å². The fraction of sp³-hybridized carbons (Fsp3) is 0.692. The van der Waals surface area contributed by atoms with Crippen molar-refractivity contribution in [2.24, 2.45) is 0 Å². The Hall–Kier alpha value is -1.10. The van der Waals surface area contributed by atoms with Crippen molar-refractivity contribution in [2.75, 3.05) is 0 Å². The van der Waals surface area contributed by atoms with E-state index in [-0.39, 0.29) is 18.2 Å². The fourth-order valence-electron chi connectivity index (χ4n) is 2.34. The standard InChI is InChI=1S/C13H20N2O2S/c1-9(2)17-13(16)15-11-5-3-10(4-6-11)12-14-7-8-18-12/h7-11H,3-6H2,1-2H3,(H,15,16)/t10-,11-. The molecule has 2 rings (SSSR count). The lowest BCUT2D eigenvalue weighted by Gasteiger charge is -2.27. The maximum absolute atomic E-state index is 11.5. The molecule has 0 aliphatic heterocycles. The van der Waals surface area contributed by atoms with E-state index in [0.29, 0.717) is 5.92 Å². The number of rotatable bonds is 3. The smallest absolute Gasteiger partial charge is 0.407 e. The quantitative estimate of drug-likeness (QED) is 0.915. The molecule has 1 aliphatic rings. The molecule has 0 radical (unpaired) electrons. The van der Waals surface area contributed by atoms with Crippen molar-refractivity contribution in [3.63, 3.8) is 0 Å². The molecule has 1 amide bonds. The molecule has 1 aliphatic carbocycles. The topological polar surface area (TPSA) is 51.2 Å². The van der Waals surface area contributed by atoms with E-state index in [0.717, 1.165) is 25.7 Å². The number of thiazole rings is 1. The minimum absolute atomic E-state index is 0.0587. The first-order chi connectivity index (χ1) is 8.65. The highest BCUT2D eigenvalue weighted by Crippen LogP contribution is 2.33. The number of carbonyl (C=O) groups excluding carboxylic acids is 1. The molecule has 0 saturated heterocycles. The van der Waals surface area contributed by atoms with Gasteiger partial charge in [0, 0.05) is 23.5 Å². The van der Waals surface area contributed by atoms with Crippen LogP contribution in [-0.4, -0.2) is 23.2 Å². The molecule has 0 atom stereocenters. The number of hydrogen-bond donors (Lipinski definition) is 1. The lowest BCUT2D eigenvalue weighted by molar-refractivity contribution is 0.109. The van der Waals surface area contributed by atoms with Gasteiger partial charge in [0.1, 0.15) is 0 Å². The highest BCUT2D eigenvalue weighted by Gasteiger charge is 2.25. The molecule has 1 aromatic rings. The minimum Gasteiger partial charge on any atom is -0.447 e. The van der Waals surface area contributed by atoms with Crippen molar-refractivity contribution in [3.8, 4) is 0 Å². The van der Waals surface area contributed by atoms with Gasteiger partial charge < -0.3 is 10.1 Å². The summed E-state index contributed by atoms with van der Waals surface area (Å²) in [6, 6.07) is 0.257. The summed E-state index contributed by atoms with van der Waals surface area (Å²) < 4.78 is 5.09. The van der Waals surface area contributed by atoms with Crippen LogP contribution in [0.25, 0.3) is 0 Å². The highest BCUT2D eigenvalue weighted by molar-refractivity contribution is 7.09. The van der Waals surface area contributed by atoms with Crippen LogP contribution in [-0.2, 0) is 4.74 Å². The van der Waals surface area contributed by atoms with Crippen LogP contribution in [0.3, 0.4) is 0 Å². The molecule has 18 heavy (non-hydrogen) atoms. The average Bonchev–Trinajstić information content (AvgIpc) is 2.82. The van der Waals surface area contributed by atoms with Gasteiger partial charge in [-0.15, -0.1) is 11.3 Å². The summed E-state index contributed by atoms with van der Waals surface area (Å²) in [6.45, 7) is 3.72. The van der Waals surface area contributed by atoms with Gasteiger partial charge in [-0.1, -0.05) is 0 Å². The molecule has 0 bridgehead atoms. The Kier molecular flexibility index (Phi) is 4.58. The molecule has 4 nitrogen and oxygen atoms in total. The van der Waals surface area contributed by atoms with Gasteiger partial charge in [-0.05, 0) is 39.5 Å². The first-order valence-electron chi connectivity index (χ1n) is 6.51. The van der Waals surface area contributed by atoms with Crippen LogP contribution in [0.2, 0.25) is 0 Å². The predicted octanol–water partition coefficient (Wildman–Crippen LogP) is 3.30. The van der Waals surface area contributed by atoms with E-state index in [1.807, 2.05) is 25.4 Å². The maximum Gasteiger partial charge on any atom is 0.407 e. The van der Waals surface area contributed by atoms with Gasteiger partial charge in [0.15, 0.2) is 0 Å². The molecule has 0 aromatic carbocycles. The van der Waals surface area contributed by atoms with E-state index in [4.69, 9.17) is 4.74 Å². The molecule has 100 valence electrons. The number of nitrogens with one attached hydrogen (secondary N) is 1. The van der Waals surface area contributed by atoms with E-state index < -0.39 is 0 Å². The molecule has 1 saturated carbocycles. The molecular formula is C13H20N2O2S. The van der Waals surface area contributed by atoms with Crippen LogP contribution >= 0.6 is 11.3 Å². The third-order valence-electron chi connectivity index (χ3n) is 3.19. The third-order valence-corrected chi connectivity index (χ3v) is 4.13. The van der Waals surface area contributed by atoms with E-state index in [1.54, 1.807) is 11.3 Å². The number of hydrogen-bond acceptors (Lipinski definition) is 4. The van der Waals surface area contributed by atoms with Crippen LogP contribution in [0.4, 0.5) is 4.79 Å². The van der Waals surface area contributed by atoms with Crippen molar-refractivity contribution in [3.05, 3.63) is 16.6 Å². The molecule has 5 heteroatoms. The number of amides is 1. The van der Waals surface area contributed by atoms with Crippen LogP contribution < -0.4 is 5.32 Å². The zero-order valence-corrected chi connectivity index (χ0v) is 11.7. The van der Waals surface area contributed by atoms with Crippen molar-refractivity contribution < 1.29 is 9.53 Å². The average molecular weight is 268 g/mol. The largest absolute Gasteiger partial charge is 0.447 e. The van der Waals surface area contributed by atoms with Crippen molar-refractivity contribution in [2.45, 2.75) is 57.6 Å². The van der Waals surface area contributed by atoms with Gasteiger partial charge in [0.25, 0.3) is 0 Å². The highest BCUT2D eigenvalue weighted by atomic mass is 32.1. The molecule has 1 heterocycles. The zero-order chi connectivity index (χ0) is 13.0. The van der Waals surface area contributed by atoms with Gasteiger partial charge >= 0.3 is 6.09 Å². The molecule has 1 fully saturated rings. The van der Waals surface area contributed by atoms with Crippen LogP contribution in [0.1, 0.15) is 50.5 Å².